The number of hydrogen-bond acceptors (Lipinski definition) is 6. The minimum Gasteiger partial charge on any atom is -0.550 e. The number of ketones is 1. The number of carbonyl (C=O) groups excluding carboxylic acids is 3. The third kappa shape index (κ3) is 6.59. The van der Waals surface area contributed by atoms with E-state index in [-0.39, 0.29) is 60.6 Å². The zero-order valence-corrected chi connectivity index (χ0v) is 26.7. The van der Waals surface area contributed by atoms with Crippen LogP contribution in [0.2, 0.25) is 10.0 Å². The first-order valence-corrected chi connectivity index (χ1v) is 13.7. The molecule has 194 valence electrons. The fourth-order valence-corrected chi connectivity index (χ4v) is 5.80. The minimum atomic E-state index is -1.13. The first-order valence-electron chi connectivity index (χ1n) is 11.8. The molecule has 2 aliphatic rings. The van der Waals surface area contributed by atoms with Crippen molar-refractivity contribution in [2.24, 2.45) is 0 Å². The molecular weight excluding hydrogens is 651 g/mol. The Hall–Kier alpha value is -1.56. The smallest absolute Gasteiger partial charge is 0.550 e. The summed E-state index contributed by atoms with van der Waals surface area (Å²) in [5.74, 6) is -1.46. The van der Waals surface area contributed by atoms with Crippen molar-refractivity contribution in [2.75, 3.05) is 12.3 Å². The largest absolute Gasteiger partial charge is 1.00 e. The van der Waals surface area contributed by atoms with Gasteiger partial charge in [0.2, 0.25) is 0 Å². The molecule has 7 nitrogen and oxygen atoms in total. The van der Waals surface area contributed by atoms with Crippen LogP contribution in [0.1, 0.15) is 55.8 Å². The van der Waals surface area contributed by atoms with Crippen molar-refractivity contribution in [1.29, 1.82) is 0 Å². The van der Waals surface area contributed by atoms with Gasteiger partial charge < -0.3 is 25.4 Å². The van der Waals surface area contributed by atoms with E-state index in [9.17, 15) is 19.5 Å². The molecule has 0 saturated carbocycles. The van der Waals surface area contributed by atoms with E-state index in [1.54, 1.807) is 41.3 Å². The number of nitrogens with two attached hydrogens (primary N) is 1. The summed E-state index contributed by atoms with van der Waals surface area (Å²) in [5.41, 5.74) is 9.16. The van der Waals surface area contributed by atoms with E-state index >= 15 is 0 Å². The Balaban J connectivity index is 0.00000400. The molecule has 1 aliphatic carbocycles. The SMILES string of the molecule is CC(c1ccc(Cl)cc1N)N1C2=C(C=C(I)CC2=O)N(CCCCC(=O)[O-])C(=O)C1c1ccc(Cl)cc1.[Na+]. The van der Waals surface area contributed by atoms with E-state index in [0.29, 0.717) is 45.5 Å². The molecule has 0 aromatic heterocycles. The van der Waals surface area contributed by atoms with Gasteiger partial charge in [-0.25, -0.2) is 0 Å². The Bertz CT molecular complexity index is 1320. The number of aliphatic carboxylic acids is 1. The number of unbranched alkanes of at least 4 members (excludes halogenated alkanes) is 1. The second kappa shape index (κ2) is 13.2. The molecule has 11 heteroatoms. The number of halogens is 3. The van der Waals surface area contributed by atoms with Crippen LogP contribution in [-0.4, -0.2) is 34.0 Å². The molecule has 1 amide bonds. The zero-order valence-electron chi connectivity index (χ0n) is 21.0. The maximum atomic E-state index is 14.2. The Kier molecular flexibility index (Phi) is 10.8. The van der Waals surface area contributed by atoms with Crippen LogP contribution in [0.4, 0.5) is 5.69 Å². The molecule has 4 rings (SSSR count). The second-order valence-electron chi connectivity index (χ2n) is 9.05. The second-order valence-corrected chi connectivity index (χ2v) is 11.3. The van der Waals surface area contributed by atoms with Gasteiger partial charge >= 0.3 is 29.6 Å². The van der Waals surface area contributed by atoms with Gasteiger partial charge in [0, 0.05) is 38.2 Å². The molecule has 0 fully saturated rings. The van der Waals surface area contributed by atoms with Crippen molar-refractivity contribution in [1.82, 2.24) is 9.80 Å². The predicted molar refractivity (Wildman–Crippen MR) is 150 cm³/mol. The molecule has 0 spiro atoms. The van der Waals surface area contributed by atoms with Crippen LogP contribution < -0.4 is 40.4 Å². The number of amides is 1. The minimum absolute atomic E-state index is 0. The van der Waals surface area contributed by atoms with Crippen molar-refractivity contribution in [3.05, 3.63) is 84.7 Å². The van der Waals surface area contributed by atoms with E-state index in [1.165, 1.54) is 0 Å². The first kappa shape index (κ1) is 31.0. The van der Waals surface area contributed by atoms with Crippen molar-refractivity contribution >= 4 is 69.1 Å². The number of hydrogen-bond donors (Lipinski definition) is 1. The third-order valence-corrected chi connectivity index (χ3v) is 7.75. The monoisotopic (exact) mass is 675 g/mol. The van der Waals surface area contributed by atoms with E-state index in [1.807, 2.05) is 24.0 Å². The van der Waals surface area contributed by atoms with Gasteiger partial charge in [-0.2, -0.15) is 0 Å². The standard InChI is InChI=1S/C27H26Cl2IN3O4.Na/c1-15(20-10-9-18(29)12-21(20)31)33-25(16-5-7-17(28)8-6-16)27(37)32(11-3-2-4-24(35)36)22-13-19(30)14-23(34)26(22)33;/h5-10,12-13,15,25H,2-4,11,14,31H2,1H3,(H,35,36);/q;+1/p-1. The number of nitrogen functional groups attached to an aromatic ring is 1. The average molecular weight is 676 g/mol. The van der Waals surface area contributed by atoms with Crippen LogP contribution in [0.15, 0.2) is 63.5 Å². The molecule has 2 aromatic rings. The quantitative estimate of drug-likeness (QED) is 0.199. The number of anilines is 1. The fraction of sp³-hybridized carbons (Fsp3) is 0.296. The molecule has 1 aliphatic heterocycles. The number of rotatable bonds is 8. The Labute approximate surface area is 267 Å². The van der Waals surface area contributed by atoms with Gasteiger partial charge in [-0.3, -0.25) is 9.59 Å². The maximum absolute atomic E-state index is 14.2. The Morgan fingerprint density at radius 2 is 1.79 bits per heavy atom. The third-order valence-electron chi connectivity index (χ3n) is 6.57. The number of carboxylic acids is 1. The van der Waals surface area contributed by atoms with Crippen molar-refractivity contribution in [3.8, 4) is 0 Å². The number of carboxylic acid groups (broad SMARTS) is 1. The molecule has 0 radical (unpaired) electrons. The van der Waals surface area contributed by atoms with Crippen molar-refractivity contribution < 1.29 is 49.0 Å². The average Bonchev–Trinajstić information content (AvgIpc) is 2.82. The molecule has 2 atom stereocenters. The van der Waals surface area contributed by atoms with E-state index in [4.69, 9.17) is 28.9 Å². The van der Waals surface area contributed by atoms with Crippen LogP contribution in [0.25, 0.3) is 0 Å². The number of Topliss-reactive ketones (excluding diaryl/α,β-unsaturated/α-hetero) is 1. The summed E-state index contributed by atoms with van der Waals surface area (Å²) in [7, 11) is 0. The molecular formula is C27H25Cl2IN3NaO4. The zero-order chi connectivity index (χ0) is 26.9. The topological polar surface area (TPSA) is 107 Å². The summed E-state index contributed by atoms with van der Waals surface area (Å²) >= 11 is 14.4. The summed E-state index contributed by atoms with van der Waals surface area (Å²) < 4.78 is 0.817. The molecule has 38 heavy (non-hydrogen) atoms. The van der Waals surface area contributed by atoms with Crippen LogP contribution in [0.3, 0.4) is 0 Å². The van der Waals surface area contributed by atoms with E-state index in [0.717, 1.165) is 9.14 Å². The van der Waals surface area contributed by atoms with E-state index < -0.39 is 18.1 Å². The first-order chi connectivity index (χ1) is 17.6. The maximum Gasteiger partial charge on any atom is 1.00 e. The molecule has 2 unspecified atom stereocenters. The normalized spacial score (nSPS) is 18.1. The van der Waals surface area contributed by atoms with Crippen LogP contribution in [-0.2, 0) is 14.4 Å². The number of allylic oxidation sites excluding steroid dienone is 3. The van der Waals surface area contributed by atoms with Crippen LogP contribution >= 0.6 is 45.8 Å². The van der Waals surface area contributed by atoms with Crippen molar-refractivity contribution in [2.45, 2.75) is 44.7 Å². The Morgan fingerprint density at radius 1 is 1.13 bits per heavy atom. The van der Waals surface area contributed by atoms with E-state index in [2.05, 4.69) is 22.6 Å². The summed E-state index contributed by atoms with van der Waals surface area (Å²) in [6.45, 7) is 2.18. The summed E-state index contributed by atoms with van der Waals surface area (Å²) in [4.78, 5) is 42.1. The number of nitrogens with zero attached hydrogens (tertiary/aromatic N) is 2. The number of carbonyl (C=O) groups is 3. The van der Waals surface area contributed by atoms with Gasteiger partial charge in [-0.15, -0.1) is 0 Å². The summed E-state index contributed by atoms with van der Waals surface area (Å²) in [6.07, 6.45) is 2.79. The number of benzene rings is 2. The summed E-state index contributed by atoms with van der Waals surface area (Å²) in [5, 5.41) is 11.9. The van der Waals surface area contributed by atoms with Gasteiger partial charge in [0.25, 0.3) is 5.91 Å². The van der Waals surface area contributed by atoms with Gasteiger partial charge in [0.1, 0.15) is 11.7 Å². The molecule has 2 aromatic carbocycles. The van der Waals surface area contributed by atoms with Gasteiger partial charge in [-0.1, -0.05) is 41.4 Å². The summed E-state index contributed by atoms with van der Waals surface area (Å²) in [6, 6.07) is 10.9. The molecule has 0 saturated heterocycles. The van der Waals surface area contributed by atoms with Gasteiger partial charge in [0.15, 0.2) is 5.78 Å². The van der Waals surface area contributed by atoms with Gasteiger partial charge in [0.05, 0.1) is 11.7 Å². The Morgan fingerprint density at radius 3 is 2.42 bits per heavy atom. The fourth-order valence-electron chi connectivity index (χ4n) is 4.86. The van der Waals surface area contributed by atoms with Crippen molar-refractivity contribution in [3.63, 3.8) is 0 Å². The van der Waals surface area contributed by atoms with Crippen LogP contribution in [0, 0.1) is 0 Å². The molecule has 0 bridgehead atoms. The predicted octanol–water partition coefficient (Wildman–Crippen LogP) is 1.95. The molecule has 2 N–H and O–H groups in total. The van der Waals surface area contributed by atoms with Gasteiger partial charge in [-0.05, 0) is 90.2 Å². The van der Waals surface area contributed by atoms with Crippen LogP contribution in [0.5, 0.6) is 0 Å². The molecule has 1 heterocycles.